The Bertz CT molecular complexity index is 248. The lowest BCUT2D eigenvalue weighted by atomic mass is 10.1. The fraction of sp³-hybridized carbons (Fsp3) is 0.900. The second-order valence-electron chi connectivity index (χ2n) is 4.86. The van der Waals surface area contributed by atoms with Crippen LogP contribution in [0.4, 0.5) is 13.6 Å². The number of hydrogen-bond acceptors (Lipinski definition) is 2. The molecule has 1 amide bonds. The van der Waals surface area contributed by atoms with E-state index in [1.54, 1.807) is 20.8 Å². The molecule has 0 aliphatic carbocycles. The second-order valence-corrected chi connectivity index (χ2v) is 4.86. The van der Waals surface area contributed by atoms with Crippen molar-refractivity contribution in [3.05, 3.63) is 0 Å². The molecule has 0 N–H and O–H groups in total. The van der Waals surface area contributed by atoms with Gasteiger partial charge in [-0.15, -0.1) is 0 Å². The van der Waals surface area contributed by atoms with Crippen molar-refractivity contribution in [2.24, 2.45) is 0 Å². The molecule has 88 valence electrons. The van der Waals surface area contributed by atoms with Gasteiger partial charge in [-0.3, -0.25) is 0 Å². The Labute approximate surface area is 88.4 Å². The predicted octanol–water partition coefficient (Wildman–Crippen LogP) is 2.65. The zero-order valence-electron chi connectivity index (χ0n) is 9.35. The van der Waals surface area contributed by atoms with Crippen LogP contribution in [0.2, 0.25) is 0 Å². The lowest BCUT2D eigenvalue weighted by molar-refractivity contribution is -0.0687. The van der Waals surface area contributed by atoms with Crippen molar-refractivity contribution in [1.29, 1.82) is 0 Å². The normalized spacial score (nSPS) is 21.3. The molecule has 0 aromatic heterocycles. The number of carbonyl (C=O) groups excluding carboxylic acids is 1. The van der Waals surface area contributed by atoms with Crippen LogP contribution in [-0.2, 0) is 4.74 Å². The van der Waals surface area contributed by atoms with Gasteiger partial charge in [0.05, 0.1) is 6.54 Å². The number of halogens is 2. The highest BCUT2D eigenvalue weighted by molar-refractivity contribution is 5.68. The lowest BCUT2D eigenvalue weighted by Crippen LogP contribution is -2.47. The summed E-state index contributed by atoms with van der Waals surface area (Å²) in [7, 11) is 0. The zero-order valence-corrected chi connectivity index (χ0v) is 9.35. The van der Waals surface area contributed by atoms with E-state index in [9.17, 15) is 13.6 Å². The number of nitrogens with zero attached hydrogens (tertiary/aromatic N) is 1. The molecule has 0 spiro atoms. The molecule has 0 aromatic carbocycles. The number of carbonyl (C=O) groups is 1. The minimum absolute atomic E-state index is 0.147. The van der Waals surface area contributed by atoms with Crippen LogP contribution in [0.5, 0.6) is 0 Å². The van der Waals surface area contributed by atoms with Gasteiger partial charge in [0.2, 0.25) is 0 Å². The van der Waals surface area contributed by atoms with Gasteiger partial charge in [-0.05, 0) is 27.2 Å². The van der Waals surface area contributed by atoms with Crippen LogP contribution in [-0.4, -0.2) is 35.6 Å². The highest BCUT2D eigenvalue weighted by Gasteiger charge is 2.38. The first-order valence-corrected chi connectivity index (χ1v) is 5.05. The van der Waals surface area contributed by atoms with Gasteiger partial charge in [0, 0.05) is 13.0 Å². The number of piperidine rings is 1. The van der Waals surface area contributed by atoms with Crippen molar-refractivity contribution in [3.8, 4) is 0 Å². The average molecular weight is 221 g/mol. The number of ether oxygens (including phenoxy) is 1. The van der Waals surface area contributed by atoms with Crippen molar-refractivity contribution in [1.82, 2.24) is 4.90 Å². The van der Waals surface area contributed by atoms with Gasteiger partial charge in [0.1, 0.15) is 5.60 Å². The van der Waals surface area contributed by atoms with E-state index in [0.717, 1.165) is 4.90 Å². The third-order valence-electron chi connectivity index (χ3n) is 2.04. The Hall–Kier alpha value is -0.870. The molecule has 1 heterocycles. The predicted molar refractivity (Wildman–Crippen MR) is 52.0 cm³/mol. The Kier molecular flexibility index (Phi) is 3.21. The molecule has 1 aliphatic rings. The highest BCUT2D eigenvalue weighted by atomic mass is 19.3. The van der Waals surface area contributed by atoms with E-state index in [1.807, 2.05) is 0 Å². The van der Waals surface area contributed by atoms with Crippen molar-refractivity contribution < 1.29 is 18.3 Å². The van der Waals surface area contributed by atoms with E-state index in [1.165, 1.54) is 0 Å². The van der Waals surface area contributed by atoms with Gasteiger partial charge >= 0.3 is 6.09 Å². The van der Waals surface area contributed by atoms with Crippen LogP contribution in [0.1, 0.15) is 33.6 Å². The van der Waals surface area contributed by atoms with Crippen molar-refractivity contribution in [2.75, 3.05) is 13.1 Å². The molecule has 1 aliphatic heterocycles. The number of hydrogen-bond donors (Lipinski definition) is 0. The van der Waals surface area contributed by atoms with E-state index < -0.39 is 24.2 Å². The molecule has 0 atom stereocenters. The Morgan fingerprint density at radius 2 is 2.00 bits per heavy atom. The maximum atomic E-state index is 13.0. The summed E-state index contributed by atoms with van der Waals surface area (Å²) in [5.74, 6) is -2.77. The zero-order chi connectivity index (χ0) is 11.7. The topological polar surface area (TPSA) is 29.5 Å². The first-order valence-electron chi connectivity index (χ1n) is 5.05. The first kappa shape index (κ1) is 12.2. The Morgan fingerprint density at radius 3 is 2.47 bits per heavy atom. The SMILES string of the molecule is CC(C)(C)OC(=O)N1CCCC(F)(F)C1. The van der Waals surface area contributed by atoms with E-state index in [2.05, 4.69) is 0 Å². The molecule has 15 heavy (non-hydrogen) atoms. The smallest absolute Gasteiger partial charge is 0.410 e. The Morgan fingerprint density at radius 1 is 1.40 bits per heavy atom. The molecule has 0 radical (unpaired) electrons. The monoisotopic (exact) mass is 221 g/mol. The summed E-state index contributed by atoms with van der Waals surface area (Å²) in [5, 5.41) is 0. The van der Waals surface area contributed by atoms with Gasteiger partial charge < -0.3 is 9.64 Å². The second kappa shape index (κ2) is 3.94. The fourth-order valence-corrected chi connectivity index (χ4v) is 1.45. The molecule has 3 nitrogen and oxygen atoms in total. The van der Waals surface area contributed by atoms with Crippen LogP contribution in [0.15, 0.2) is 0 Å². The standard InChI is InChI=1S/C10H17F2NO2/c1-9(2,3)15-8(14)13-6-4-5-10(11,12)7-13/h4-7H2,1-3H3. The molecule has 5 heteroatoms. The van der Waals surface area contributed by atoms with Crippen LogP contribution in [0, 0.1) is 0 Å². The van der Waals surface area contributed by atoms with Crippen LogP contribution in [0.3, 0.4) is 0 Å². The molecule has 0 saturated carbocycles. The van der Waals surface area contributed by atoms with Crippen molar-refractivity contribution in [2.45, 2.75) is 45.1 Å². The summed E-state index contributed by atoms with van der Waals surface area (Å²) in [5.41, 5.74) is -0.635. The highest BCUT2D eigenvalue weighted by Crippen LogP contribution is 2.27. The summed E-state index contributed by atoms with van der Waals surface area (Å²) in [6, 6.07) is 0. The molecule has 0 unspecified atom stereocenters. The molecular formula is C10H17F2NO2. The number of rotatable bonds is 0. The van der Waals surface area contributed by atoms with Crippen molar-refractivity contribution >= 4 is 6.09 Å². The summed E-state index contributed by atoms with van der Waals surface area (Å²) >= 11 is 0. The number of amides is 1. The first-order chi connectivity index (χ1) is 6.70. The van der Waals surface area contributed by atoms with Gasteiger partial charge in [-0.1, -0.05) is 0 Å². The van der Waals surface area contributed by atoms with E-state index in [0.29, 0.717) is 13.0 Å². The summed E-state index contributed by atoms with van der Waals surface area (Å²) in [4.78, 5) is 12.6. The lowest BCUT2D eigenvalue weighted by Gasteiger charge is -2.33. The van der Waals surface area contributed by atoms with Crippen LogP contribution >= 0.6 is 0 Å². The average Bonchev–Trinajstić information content (AvgIpc) is 1.99. The quantitative estimate of drug-likeness (QED) is 0.629. The maximum absolute atomic E-state index is 13.0. The van der Waals surface area contributed by atoms with Crippen LogP contribution < -0.4 is 0 Å². The molecule has 1 saturated heterocycles. The maximum Gasteiger partial charge on any atom is 0.410 e. The number of alkyl halides is 2. The third-order valence-corrected chi connectivity index (χ3v) is 2.04. The molecule has 1 fully saturated rings. The summed E-state index contributed by atoms with van der Waals surface area (Å²) in [6.07, 6.45) is -0.472. The minimum Gasteiger partial charge on any atom is -0.444 e. The summed E-state index contributed by atoms with van der Waals surface area (Å²) in [6.45, 7) is 4.97. The minimum atomic E-state index is -2.77. The van der Waals surface area contributed by atoms with Gasteiger partial charge in [0.25, 0.3) is 5.92 Å². The largest absolute Gasteiger partial charge is 0.444 e. The molecule has 0 aromatic rings. The molecule has 0 bridgehead atoms. The fourth-order valence-electron chi connectivity index (χ4n) is 1.45. The van der Waals surface area contributed by atoms with Gasteiger partial charge in [-0.2, -0.15) is 0 Å². The van der Waals surface area contributed by atoms with Gasteiger partial charge in [0.15, 0.2) is 0 Å². The summed E-state index contributed by atoms with van der Waals surface area (Å²) < 4.78 is 31.0. The third kappa shape index (κ3) is 4.01. The van der Waals surface area contributed by atoms with E-state index >= 15 is 0 Å². The molecular weight excluding hydrogens is 204 g/mol. The van der Waals surface area contributed by atoms with Gasteiger partial charge in [-0.25, -0.2) is 13.6 Å². The van der Waals surface area contributed by atoms with E-state index in [-0.39, 0.29) is 6.42 Å². The van der Waals surface area contributed by atoms with Crippen molar-refractivity contribution in [3.63, 3.8) is 0 Å². The Balaban J connectivity index is 2.53. The van der Waals surface area contributed by atoms with E-state index in [4.69, 9.17) is 4.74 Å². The van der Waals surface area contributed by atoms with Crippen LogP contribution in [0.25, 0.3) is 0 Å². The number of likely N-dealkylation sites (tertiary alicyclic amines) is 1. The molecule has 1 rings (SSSR count).